The van der Waals surface area contributed by atoms with E-state index in [9.17, 15) is 0 Å². The van der Waals surface area contributed by atoms with Gasteiger partial charge in [-0.2, -0.15) is 0 Å². The maximum atomic E-state index is 3.58. The van der Waals surface area contributed by atoms with Crippen LogP contribution in [-0.2, 0) is 0 Å². The summed E-state index contributed by atoms with van der Waals surface area (Å²) in [6, 6.07) is 6.87. The molecule has 0 aliphatic carbocycles. The molecule has 0 radical (unpaired) electrons. The standard InChI is InChI=1S/C10H14BrNS/c1-7(12-2)9-5-4-8(13-3)6-10(9)11/h4-7,12H,1-3H3. The Kier molecular flexibility index (Phi) is 4.29. The Labute approximate surface area is 92.4 Å². The number of halogens is 1. The Bertz CT molecular complexity index is 288. The van der Waals surface area contributed by atoms with Gasteiger partial charge in [0.2, 0.25) is 0 Å². The van der Waals surface area contributed by atoms with Crippen LogP contribution in [0, 0.1) is 0 Å². The second kappa shape index (κ2) is 5.03. The molecule has 1 N–H and O–H groups in total. The van der Waals surface area contributed by atoms with Crippen molar-refractivity contribution < 1.29 is 0 Å². The molecule has 1 nitrogen and oxygen atoms in total. The van der Waals surface area contributed by atoms with E-state index in [0.29, 0.717) is 6.04 Å². The average molecular weight is 260 g/mol. The predicted molar refractivity (Wildman–Crippen MR) is 63.4 cm³/mol. The molecule has 1 unspecified atom stereocenters. The minimum absolute atomic E-state index is 0.394. The molecule has 0 saturated carbocycles. The zero-order chi connectivity index (χ0) is 9.84. The quantitative estimate of drug-likeness (QED) is 0.835. The second-order valence-corrected chi connectivity index (χ2v) is 4.63. The van der Waals surface area contributed by atoms with Gasteiger partial charge in [-0.3, -0.25) is 0 Å². The van der Waals surface area contributed by atoms with Crippen molar-refractivity contribution >= 4 is 27.7 Å². The molecular formula is C10H14BrNS. The summed E-state index contributed by atoms with van der Waals surface area (Å²) in [5, 5.41) is 3.22. The van der Waals surface area contributed by atoms with E-state index in [4.69, 9.17) is 0 Å². The summed E-state index contributed by atoms with van der Waals surface area (Å²) in [7, 11) is 1.97. The molecule has 0 saturated heterocycles. The number of hydrogen-bond donors (Lipinski definition) is 1. The van der Waals surface area contributed by atoms with Crippen LogP contribution in [0.2, 0.25) is 0 Å². The van der Waals surface area contributed by atoms with Crippen LogP contribution in [-0.4, -0.2) is 13.3 Å². The Morgan fingerprint density at radius 1 is 1.46 bits per heavy atom. The lowest BCUT2D eigenvalue weighted by Crippen LogP contribution is -2.12. The normalized spacial score (nSPS) is 12.9. The number of hydrogen-bond acceptors (Lipinski definition) is 2. The van der Waals surface area contributed by atoms with E-state index < -0.39 is 0 Å². The Morgan fingerprint density at radius 3 is 2.62 bits per heavy atom. The molecule has 0 heterocycles. The molecule has 13 heavy (non-hydrogen) atoms. The average Bonchev–Trinajstić information content (AvgIpc) is 2.16. The number of thioether (sulfide) groups is 1. The van der Waals surface area contributed by atoms with Crippen molar-refractivity contribution in [3.05, 3.63) is 28.2 Å². The van der Waals surface area contributed by atoms with Gasteiger partial charge < -0.3 is 5.32 Å². The van der Waals surface area contributed by atoms with Crippen LogP contribution in [0.4, 0.5) is 0 Å². The second-order valence-electron chi connectivity index (χ2n) is 2.90. The minimum Gasteiger partial charge on any atom is -0.313 e. The smallest absolute Gasteiger partial charge is 0.0300 e. The Balaban J connectivity index is 2.98. The fourth-order valence-corrected chi connectivity index (χ4v) is 2.46. The lowest BCUT2D eigenvalue weighted by molar-refractivity contribution is 0.649. The first-order chi connectivity index (χ1) is 6.19. The van der Waals surface area contributed by atoms with Gasteiger partial charge in [0.15, 0.2) is 0 Å². The van der Waals surface area contributed by atoms with Crippen molar-refractivity contribution in [2.45, 2.75) is 17.9 Å². The summed E-state index contributed by atoms with van der Waals surface area (Å²) in [4.78, 5) is 1.29. The molecule has 3 heteroatoms. The zero-order valence-electron chi connectivity index (χ0n) is 8.10. The highest BCUT2D eigenvalue weighted by molar-refractivity contribution is 9.10. The van der Waals surface area contributed by atoms with E-state index in [-0.39, 0.29) is 0 Å². The van der Waals surface area contributed by atoms with E-state index in [1.54, 1.807) is 11.8 Å². The van der Waals surface area contributed by atoms with E-state index in [2.05, 4.69) is 52.6 Å². The van der Waals surface area contributed by atoms with Crippen molar-refractivity contribution in [3.8, 4) is 0 Å². The molecule has 0 fully saturated rings. The third kappa shape index (κ3) is 2.73. The topological polar surface area (TPSA) is 12.0 Å². The van der Waals surface area contributed by atoms with Crippen molar-refractivity contribution in [1.82, 2.24) is 5.32 Å². The summed E-state index contributed by atoms with van der Waals surface area (Å²) >= 11 is 5.34. The maximum Gasteiger partial charge on any atom is 0.0300 e. The van der Waals surface area contributed by atoms with Crippen LogP contribution in [0.25, 0.3) is 0 Å². The summed E-state index contributed by atoms with van der Waals surface area (Å²) in [5.41, 5.74) is 1.31. The fourth-order valence-electron chi connectivity index (χ4n) is 1.14. The zero-order valence-corrected chi connectivity index (χ0v) is 10.5. The van der Waals surface area contributed by atoms with Crippen LogP contribution < -0.4 is 5.32 Å². The first-order valence-electron chi connectivity index (χ1n) is 4.19. The Hall–Kier alpha value is 0.01000. The van der Waals surface area contributed by atoms with Crippen LogP contribution in [0.3, 0.4) is 0 Å². The van der Waals surface area contributed by atoms with E-state index in [1.807, 2.05) is 7.05 Å². The summed E-state index contributed by atoms with van der Waals surface area (Å²) in [6.45, 7) is 2.15. The van der Waals surface area contributed by atoms with Crippen LogP contribution in [0.15, 0.2) is 27.6 Å². The predicted octanol–water partition coefficient (Wildman–Crippen LogP) is 3.45. The van der Waals surface area contributed by atoms with Crippen molar-refractivity contribution in [2.24, 2.45) is 0 Å². The van der Waals surface area contributed by atoms with Gasteiger partial charge >= 0.3 is 0 Å². The van der Waals surface area contributed by atoms with Gasteiger partial charge in [0.1, 0.15) is 0 Å². The third-order valence-corrected chi connectivity index (χ3v) is 3.52. The highest BCUT2D eigenvalue weighted by Crippen LogP contribution is 2.27. The number of benzene rings is 1. The van der Waals surface area contributed by atoms with Gasteiger partial charge in [-0.15, -0.1) is 11.8 Å². The SMILES string of the molecule is CNC(C)c1ccc(SC)cc1Br. The van der Waals surface area contributed by atoms with Gasteiger partial charge in [0, 0.05) is 15.4 Å². The van der Waals surface area contributed by atoms with Crippen molar-refractivity contribution in [3.63, 3.8) is 0 Å². The lowest BCUT2D eigenvalue weighted by atomic mass is 10.1. The molecule has 1 aromatic rings. The number of nitrogens with one attached hydrogen (secondary N) is 1. The first kappa shape index (κ1) is 11.1. The van der Waals surface area contributed by atoms with Gasteiger partial charge in [0.25, 0.3) is 0 Å². The molecule has 1 aromatic carbocycles. The fraction of sp³-hybridized carbons (Fsp3) is 0.400. The van der Waals surface area contributed by atoms with Crippen molar-refractivity contribution in [2.75, 3.05) is 13.3 Å². The van der Waals surface area contributed by atoms with E-state index >= 15 is 0 Å². The van der Waals surface area contributed by atoms with Gasteiger partial charge in [0.05, 0.1) is 0 Å². The van der Waals surface area contributed by atoms with Crippen LogP contribution in [0.5, 0.6) is 0 Å². The van der Waals surface area contributed by atoms with E-state index in [0.717, 1.165) is 0 Å². The molecule has 1 rings (SSSR count). The maximum absolute atomic E-state index is 3.58. The van der Waals surface area contributed by atoms with Crippen LogP contribution >= 0.6 is 27.7 Å². The molecule has 0 aliphatic heterocycles. The molecular weight excluding hydrogens is 246 g/mol. The first-order valence-corrected chi connectivity index (χ1v) is 6.21. The summed E-state index contributed by atoms with van der Waals surface area (Å²) in [6.07, 6.45) is 2.09. The molecule has 0 aliphatic rings. The van der Waals surface area contributed by atoms with Crippen molar-refractivity contribution in [1.29, 1.82) is 0 Å². The summed E-state index contributed by atoms with van der Waals surface area (Å²) < 4.78 is 1.18. The number of rotatable bonds is 3. The van der Waals surface area contributed by atoms with Gasteiger partial charge in [-0.1, -0.05) is 22.0 Å². The lowest BCUT2D eigenvalue weighted by Gasteiger charge is -2.13. The monoisotopic (exact) mass is 259 g/mol. The molecule has 0 spiro atoms. The Morgan fingerprint density at radius 2 is 2.15 bits per heavy atom. The molecule has 72 valence electrons. The van der Waals surface area contributed by atoms with Gasteiger partial charge in [-0.25, -0.2) is 0 Å². The van der Waals surface area contributed by atoms with Crippen LogP contribution in [0.1, 0.15) is 18.5 Å². The minimum atomic E-state index is 0.394. The molecule has 0 amide bonds. The molecule has 0 aromatic heterocycles. The highest BCUT2D eigenvalue weighted by Gasteiger charge is 2.06. The van der Waals surface area contributed by atoms with Gasteiger partial charge in [-0.05, 0) is 37.9 Å². The summed E-state index contributed by atoms with van der Waals surface area (Å²) in [5.74, 6) is 0. The largest absolute Gasteiger partial charge is 0.313 e. The third-order valence-electron chi connectivity index (χ3n) is 2.11. The highest BCUT2D eigenvalue weighted by atomic mass is 79.9. The molecule has 0 bridgehead atoms. The van der Waals surface area contributed by atoms with E-state index in [1.165, 1.54) is 14.9 Å². The molecule has 1 atom stereocenters.